The molecule has 1 aliphatic heterocycles. The molecule has 0 fully saturated rings. The van der Waals surface area contributed by atoms with E-state index >= 15 is 0 Å². The van der Waals surface area contributed by atoms with Gasteiger partial charge in [0.2, 0.25) is 5.95 Å². The third-order valence-electron chi connectivity index (χ3n) is 3.26. The van der Waals surface area contributed by atoms with Gasteiger partial charge in [-0.2, -0.15) is 4.39 Å². The summed E-state index contributed by atoms with van der Waals surface area (Å²) in [5, 5.41) is 3.93. The molecule has 23 heavy (non-hydrogen) atoms. The van der Waals surface area contributed by atoms with Crippen molar-refractivity contribution in [3.8, 4) is 17.0 Å². The molecule has 0 bridgehead atoms. The lowest BCUT2D eigenvalue weighted by atomic mass is 10.1. The van der Waals surface area contributed by atoms with E-state index in [9.17, 15) is 4.39 Å². The number of oxime groups is 1. The lowest BCUT2D eigenvalue weighted by Gasteiger charge is -2.13. The number of aromatic nitrogens is 2. The average Bonchev–Trinajstić information content (AvgIpc) is 3.02. The van der Waals surface area contributed by atoms with Gasteiger partial charge in [-0.1, -0.05) is 5.16 Å². The van der Waals surface area contributed by atoms with Crippen LogP contribution in [0.2, 0.25) is 0 Å². The minimum Gasteiger partial charge on any atom is -0.487 e. The monoisotopic (exact) mass is 336 g/mol. The molecule has 2 aromatic rings. The lowest BCUT2D eigenvalue weighted by molar-refractivity contribution is 0.0471. The molecule has 3 rings (SSSR count). The quantitative estimate of drug-likeness (QED) is 0.648. The first-order chi connectivity index (χ1) is 11.3. The van der Waals surface area contributed by atoms with E-state index in [-0.39, 0.29) is 6.10 Å². The van der Waals surface area contributed by atoms with E-state index in [1.54, 1.807) is 24.4 Å². The van der Waals surface area contributed by atoms with Crippen molar-refractivity contribution in [3.05, 3.63) is 42.6 Å². The molecule has 2 aromatic heterocycles. The fourth-order valence-corrected chi connectivity index (χ4v) is 2.33. The van der Waals surface area contributed by atoms with Gasteiger partial charge in [0.15, 0.2) is 6.10 Å². The van der Waals surface area contributed by atoms with Crippen molar-refractivity contribution in [2.24, 2.45) is 5.16 Å². The Balaban J connectivity index is 1.66. The average molecular weight is 337 g/mol. The Morgan fingerprint density at radius 3 is 3.04 bits per heavy atom. The second-order valence-corrected chi connectivity index (χ2v) is 5.20. The second kappa shape index (κ2) is 7.34. The predicted octanol–water partition coefficient (Wildman–Crippen LogP) is 2.55. The molecule has 0 saturated carbocycles. The van der Waals surface area contributed by atoms with Crippen molar-refractivity contribution < 1.29 is 14.0 Å². The molecule has 0 aromatic carbocycles. The van der Waals surface area contributed by atoms with E-state index in [0.29, 0.717) is 36.6 Å². The lowest BCUT2D eigenvalue weighted by Crippen LogP contribution is -2.21. The molecule has 0 aliphatic carbocycles. The van der Waals surface area contributed by atoms with E-state index in [1.165, 1.54) is 12.3 Å². The summed E-state index contributed by atoms with van der Waals surface area (Å²) in [6, 6.07) is 6.46. The molecule has 0 radical (unpaired) electrons. The van der Waals surface area contributed by atoms with E-state index in [0.717, 1.165) is 5.71 Å². The molecule has 8 heteroatoms. The Morgan fingerprint density at radius 1 is 1.35 bits per heavy atom. The van der Waals surface area contributed by atoms with Gasteiger partial charge in [0, 0.05) is 24.4 Å². The Hall–Kier alpha value is -2.25. The summed E-state index contributed by atoms with van der Waals surface area (Å²) >= 11 is 5.44. The number of halogens is 2. The topological polar surface area (TPSA) is 68.6 Å². The third kappa shape index (κ3) is 3.94. The van der Waals surface area contributed by atoms with Crippen LogP contribution in [0, 0.1) is 5.95 Å². The van der Waals surface area contributed by atoms with Gasteiger partial charge in [0.25, 0.3) is 0 Å². The molecule has 1 aliphatic rings. The Labute approximate surface area is 137 Å². The normalized spacial score (nSPS) is 16.8. The van der Waals surface area contributed by atoms with Crippen molar-refractivity contribution in [1.82, 2.24) is 14.8 Å². The summed E-state index contributed by atoms with van der Waals surface area (Å²) in [5.41, 5.74) is 2.11. The van der Waals surface area contributed by atoms with Crippen LogP contribution in [0.3, 0.4) is 0 Å². The maximum absolute atomic E-state index is 12.9. The van der Waals surface area contributed by atoms with Gasteiger partial charge < -0.3 is 9.57 Å². The zero-order valence-electron chi connectivity index (χ0n) is 12.1. The van der Waals surface area contributed by atoms with Gasteiger partial charge in [-0.3, -0.25) is 4.98 Å². The highest BCUT2D eigenvalue weighted by Gasteiger charge is 2.22. The number of hydrogen-bond acceptors (Lipinski definition) is 6. The van der Waals surface area contributed by atoms with Crippen LogP contribution in [-0.2, 0) is 4.84 Å². The zero-order valence-corrected chi connectivity index (χ0v) is 12.8. The first-order valence-electron chi connectivity index (χ1n) is 7.01. The molecule has 1 unspecified atom stereocenters. The number of pyridine rings is 2. The highest BCUT2D eigenvalue weighted by Crippen LogP contribution is 2.27. The Bertz CT molecular complexity index is 696. The number of hydrogen-bond donors (Lipinski definition) is 1. The highest BCUT2D eigenvalue weighted by atomic mass is 35.5. The summed E-state index contributed by atoms with van der Waals surface area (Å²) in [4.78, 5) is 15.7. The van der Waals surface area contributed by atoms with Crippen molar-refractivity contribution in [2.75, 3.05) is 13.2 Å². The van der Waals surface area contributed by atoms with Crippen molar-refractivity contribution in [1.29, 1.82) is 0 Å². The van der Waals surface area contributed by atoms with Crippen LogP contribution in [-0.4, -0.2) is 34.9 Å². The van der Waals surface area contributed by atoms with Crippen LogP contribution >= 0.6 is 11.8 Å². The number of rotatable bonds is 6. The molecule has 0 amide bonds. The first-order valence-corrected chi connectivity index (χ1v) is 7.39. The summed E-state index contributed by atoms with van der Waals surface area (Å²) < 4.78 is 18.7. The van der Waals surface area contributed by atoms with Crippen LogP contribution < -0.4 is 9.57 Å². The predicted molar refractivity (Wildman–Crippen MR) is 83.7 cm³/mol. The smallest absolute Gasteiger partial charge is 0.212 e. The zero-order chi connectivity index (χ0) is 16.1. The second-order valence-electron chi connectivity index (χ2n) is 4.93. The fourth-order valence-electron chi connectivity index (χ4n) is 2.18. The van der Waals surface area contributed by atoms with Gasteiger partial charge in [-0.25, -0.2) is 9.82 Å². The van der Waals surface area contributed by atoms with E-state index in [2.05, 4.69) is 20.0 Å². The third-order valence-corrected chi connectivity index (χ3v) is 3.39. The minimum absolute atomic E-state index is 0.172. The largest absolute Gasteiger partial charge is 0.487 e. The van der Waals surface area contributed by atoms with Gasteiger partial charge in [0.1, 0.15) is 18.1 Å². The SMILES string of the molecule is Fc1ccc(-c2ncccc2OCC2CC(CNCl)=NO2)cn1. The van der Waals surface area contributed by atoms with E-state index < -0.39 is 5.95 Å². The van der Waals surface area contributed by atoms with Crippen molar-refractivity contribution >= 4 is 17.5 Å². The summed E-state index contributed by atoms with van der Waals surface area (Å²) in [6.07, 6.45) is 3.54. The Kier molecular flexibility index (Phi) is 4.99. The minimum atomic E-state index is -0.538. The molecule has 6 nitrogen and oxygen atoms in total. The number of nitrogens with zero attached hydrogens (tertiary/aromatic N) is 3. The molecule has 1 N–H and O–H groups in total. The van der Waals surface area contributed by atoms with Gasteiger partial charge in [-0.15, -0.1) is 0 Å². The first kappa shape index (κ1) is 15.6. The maximum Gasteiger partial charge on any atom is 0.212 e. The van der Waals surface area contributed by atoms with Gasteiger partial charge in [0.05, 0.1) is 12.3 Å². The maximum atomic E-state index is 12.9. The number of nitrogens with one attached hydrogen (secondary N) is 1. The van der Waals surface area contributed by atoms with Crippen molar-refractivity contribution in [3.63, 3.8) is 0 Å². The van der Waals surface area contributed by atoms with Crippen LogP contribution in [0.1, 0.15) is 6.42 Å². The molecular formula is C15H14ClFN4O2. The molecular weight excluding hydrogens is 323 g/mol. The summed E-state index contributed by atoms with van der Waals surface area (Å²) in [7, 11) is 0. The van der Waals surface area contributed by atoms with Crippen LogP contribution in [0.25, 0.3) is 11.3 Å². The molecule has 1 atom stereocenters. The molecule has 3 heterocycles. The van der Waals surface area contributed by atoms with E-state index in [4.69, 9.17) is 21.4 Å². The number of ether oxygens (including phenoxy) is 1. The van der Waals surface area contributed by atoms with E-state index in [1.807, 2.05) is 0 Å². The Morgan fingerprint density at radius 2 is 2.26 bits per heavy atom. The molecule has 0 saturated heterocycles. The molecule has 120 valence electrons. The summed E-state index contributed by atoms with van der Waals surface area (Å²) in [6.45, 7) is 0.792. The van der Waals surface area contributed by atoms with Crippen LogP contribution in [0.4, 0.5) is 4.39 Å². The van der Waals surface area contributed by atoms with Crippen LogP contribution in [0.15, 0.2) is 41.8 Å². The fraction of sp³-hybridized carbons (Fsp3) is 0.267. The standard InChI is InChI=1S/C15H14ClFN4O2/c16-20-8-11-6-12(23-21-11)9-22-13-2-1-5-18-15(13)10-3-4-14(17)19-7-10/h1-5,7,12,20H,6,8-9H2. The molecule has 0 spiro atoms. The van der Waals surface area contributed by atoms with Gasteiger partial charge in [-0.05, 0) is 36.0 Å². The van der Waals surface area contributed by atoms with Gasteiger partial charge >= 0.3 is 0 Å². The van der Waals surface area contributed by atoms with Crippen molar-refractivity contribution in [2.45, 2.75) is 12.5 Å². The summed E-state index contributed by atoms with van der Waals surface area (Å²) in [5.74, 6) is 0.0394. The van der Waals surface area contributed by atoms with Crippen LogP contribution in [0.5, 0.6) is 5.75 Å². The highest BCUT2D eigenvalue weighted by molar-refractivity contribution is 6.14.